The minimum atomic E-state index is -1.09. The van der Waals surface area contributed by atoms with Crippen molar-refractivity contribution in [2.45, 2.75) is 24.5 Å². The van der Waals surface area contributed by atoms with Crippen molar-refractivity contribution in [2.75, 3.05) is 13.2 Å². The molecule has 0 spiro atoms. The number of ether oxygens (including phenoxy) is 1. The summed E-state index contributed by atoms with van der Waals surface area (Å²) in [5, 5.41) is 24.6. The van der Waals surface area contributed by atoms with Gasteiger partial charge in [0.1, 0.15) is 12.7 Å². The summed E-state index contributed by atoms with van der Waals surface area (Å²) in [6.45, 7) is 0.409. The summed E-state index contributed by atoms with van der Waals surface area (Å²) >= 11 is 0. The van der Waals surface area contributed by atoms with Crippen LogP contribution in [-0.4, -0.2) is 40.5 Å². The monoisotopic (exact) mass is 454 g/mol. The van der Waals surface area contributed by atoms with Gasteiger partial charge in [0, 0.05) is 24.0 Å². The molecule has 5 rings (SSSR count). The summed E-state index contributed by atoms with van der Waals surface area (Å²) in [5.74, 6) is -0.00877. The first-order chi connectivity index (χ1) is 16.6. The quantitative estimate of drug-likeness (QED) is 0.381. The van der Waals surface area contributed by atoms with E-state index >= 15 is 0 Å². The Morgan fingerprint density at radius 3 is 2.35 bits per heavy atom. The van der Waals surface area contributed by atoms with E-state index < -0.39 is 18.3 Å². The number of fused-ring (bicyclic) bond motifs is 4. The number of alkyl carbamates (subject to hydrolysis) is 1. The fourth-order valence-electron chi connectivity index (χ4n) is 4.72. The second kappa shape index (κ2) is 9.63. The topological polar surface area (TPSA) is 91.7 Å². The Hall–Kier alpha value is -3.74. The smallest absolute Gasteiger partial charge is 0.407 e. The first-order valence-corrected chi connectivity index (χ1v) is 11.4. The SMILES string of the molecule is O=C(NCCC(O)C(O)c1cccc2ncccc12)OCC1c2ccccc2-c2ccccc21. The Morgan fingerprint density at radius 2 is 1.62 bits per heavy atom. The standard InChI is InChI=1S/C28H26N2O4/c31-26(27(32)23-11-5-13-25-22(23)12-6-15-29-25)14-16-30-28(33)34-17-24-20-9-3-1-7-18(20)19-8-2-4-10-21(19)24/h1-13,15,24,26-27,31-32H,14,16-17H2,(H,30,33). The molecule has 3 N–H and O–H groups in total. The van der Waals surface area contributed by atoms with Gasteiger partial charge >= 0.3 is 6.09 Å². The lowest BCUT2D eigenvalue weighted by atomic mass is 9.98. The fraction of sp³-hybridized carbons (Fsp3) is 0.214. The zero-order valence-electron chi connectivity index (χ0n) is 18.6. The molecule has 1 amide bonds. The minimum absolute atomic E-state index is 0.00877. The van der Waals surface area contributed by atoms with Crippen LogP contribution in [0.25, 0.3) is 22.0 Å². The Bertz CT molecular complexity index is 1270. The number of pyridine rings is 1. The van der Waals surface area contributed by atoms with Gasteiger partial charge in [-0.3, -0.25) is 4.98 Å². The lowest BCUT2D eigenvalue weighted by Crippen LogP contribution is -2.30. The molecule has 1 aliphatic rings. The number of carbonyl (C=O) groups excluding carboxylic acids is 1. The maximum atomic E-state index is 12.3. The Balaban J connectivity index is 1.15. The van der Waals surface area contributed by atoms with E-state index in [0.717, 1.165) is 22.0 Å². The number of carbonyl (C=O) groups is 1. The third-order valence-corrected chi connectivity index (χ3v) is 6.42. The van der Waals surface area contributed by atoms with Crippen LogP contribution in [-0.2, 0) is 4.74 Å². The number of nitrogens with zero attached hydrogens (tertiary/aromatic N) is 1. The molecule has 172 valence electrons. The third kappa shape index (κ3) is 4.25. The number of nitrogens with one attached hydrogen (secondary N) is 1. The maximum absolute atomic E-state index is 12.3. The zero-order chi connectivity index (χ0) is 23.5. The van der Waals surface area contributed by atoms with Crippen molar-refractivity contribution < 1.29 is 19.7 Å². The van der Waals surface area contributed by atoms with E-state index in [1.165, 1.54) is 11.1 Å². The summed E-state index contributed by atoms with van der Waals surface area (Å²) in [4.78, 5) is 16.6. The van der Waals surface area contributed by atoms with E-state index in [1.54, 1.807) is 24.4 Å². The highest BCUT2D eigenvalue weighted by Gasteiger charge is 2.29. The van der Waals surface area contributed by atoms with Gasteiger partial charge in [-0.2, -0.15) is 0 Å². The highest BCUT2D eigenvalue weighted by Crippen LogP contribution is 2.44. The molecule has 0 bridgehead atoms. The van der Waals surface area contributed by atoms with Gasteiger partial charge in [-0.15, -0.1) is 0 Å². The van der Waals surface area contributed by atoms with Crippen LogP contribution < -0.4 is 5.32 Å². The van der Waals surface area contributed by atoms with Crippen molar-refractivity contribution in [1.29, 1.82) is 0 Å². The van der Waals surface area contributed by atoms with Crippen molar-refractivity contribution in [3.8, 4) is 11.1 Å². The molecule has 2 unspecified atom stereocenters. The molecule has 1 aliphatic carbocycles. The molecule has 6 nitrogen and oxygen atoms in total. The van der Waals surface area contributed by atoms with Crippen LogP contribution in [0.1, 0.15) is 35.1 Å². The molecule has 3 aromatic carbocycles. The molecule has 0 saturated heterocycles. The number of aliphatic hydroxyl groups excluding tert-OH is 2. The predicted molar refractivity (Wildman–Crippen MR) is 130 cm³/mol. The Kier molecular flexibility index (Phi) is 6.25. The predicted octanol–water partition coefficient (Wildman–Crippen LogP) is 4.56. The van der Waals surface area contributed by atoms with Crippen molar-refractivity contribution in [3.05, 3.63) is 102 Å². The highest BCUT2D eigenvalue weighted by atomic mass is 16.5. The van der Waals surface area contributed by atoms with Crippen LogP contribution in [0.15, 0.2) is 85.1 Å². The van der Waals surface area contributed by atoms with Crippen LogP contribution in [0, 0.1) is 0 Å². The molecule has 0 fully saturated rings. The summed E-state index contributed by atoms with van der Waals surface area (Å²) in [6.07, 6.45) is -0.801. The first-order valence-electron chi connectivity index (χ1n) is 11.4. The lowest BCUT2D eigenvalue weighted by molar-refractivity contribution is 0.0145. The van der Waals surface area contributed by atoms with Crippen LogP contribution in [0.4, 0.5) is 4.79 Å². The largest absolute Gasteiger partial charge is 0.449 e. The maximum Gasteiger partial charge on any atom is 0.407 e. The molecule has 6 heteroatoms. The molecule has 2 atom stereocenters. The second-order valence-corrected chi connectivity index (χ2v) is 8.47. The molecule has 4 aromatic rings. The van der Waals surface area contributed by atoms with Crippen LogP contribution in [0.5, 0.6) is 0 Å². The van der Waals surface area contributed by atoms with E-state index in [9.17, 15) is 15.0 Å². The van der Waals surface area contributed by atoms with Crippen molar-refractivity contribution in [3.63, 3.8) is 0 Å². The summed E-state index contributed by atoms with van der Waals surface area (Å²) in [7, 11) is 0. The number of rotatable bonds is 7. The molecule has 34 heavy (non-hydrogen) atoms. The summed E-state index contributed by atoms with van der Waals surface area (Å²) in [6, 6.07) is 25.4. The molecular formula is C28H26N2O4. The Labute approximate surface area is 197 Å². The number of aromatic nitrogens is 1. The lowest BCUT2D eigenvalue weighted by Gasteiger charge is -2.20. The Morgan fingerprint density at radius 1 is 0.912 bits per heavy atom. The minimum Gasteiger partial charge on any atom is -0.449 e. The van der Waals surface area contributed by atoms with E-state index in [0.29, 0.717) is 5.56 Å². The average Bonchev–Trinajstić information content (AvgIpc) is 3.20. The molecular weight excluding hydrogens is 428 g/mol. The van der Waals surface area contributed by atoms with Gasteiger partial charge in [0.2, 0.25) is 0 Å². The van der Waals surface area contributed by atoms with Crippen LogP contribution >= 0.6 is 0 Å². The number of hydrogen-bond acceptors (Lipinski definition) is 5. The number of hydrogen-bond donors (Lipinski definition) is 3. The van der Waals surface area contributed by atoms with Gasteiger partial charge in [-0.1, -0.05) is 66.7 Å². The molecule has 0 saturated carbocycles. The fourth-order valence-corrected chi connectivity index (χ4v) is 4.72. The molecule has 1 heterocycles. The van der Waals surface area contributed by atoms with Gasteiger partial charge in [-0.25, -0.2) is 4.79 Å². The number of aliphatic hydroxyl groups is 2. The average molecular weight is 455 g/mol. The number of benzene rings is 3. The number of amides is 1. The molecule has 0 aliphatic heterocycles. The van der Waals surface area contributed by atoms with Gasteiger partial charge in [-0.05, 0) is 46.4 Å². The highest BCUT2D eigenvalue weighted by molar-refractivity contribution is 5.82. The molecule has 1 aromatic heterocycles. The van der Waals surface area contributed by atoms with Gasteiger partial charge in [0.05, 0.1) is 11.6 Å². The first kappa shape index (κ1) is 22.1. The summed E-state index contributed by atoms with van der Waals surface area (Å²) in [5.41, 5.74) is 6.02. The second-order valence-electron chi connectivity index (χ2n) is 8.47. The molecule has 0 radical (unpaired) electrons. The van der Waals surface area contributed by atoms with Crippen molar-refractivity contribution >= 4 is 17.0 Å². The van der Waals surface area contributed by atoms with E-state index in [1.807, 2.05) is 36.4 Å². The van der Waals surface area contributed by atoms with Crippen molar-refractivity contribution in [1.82, 2.24) is 10.3 Å². The van der Waals surface area contributed by atoms with E-state index in [-0.39, 0.29) is 25.5 Å². The summed E-state index contributed by atoms with van der Waals surface area (Å²) < 4.78 is 5.52. The van der Waals surface area contributed by atoms with E-state index in [4.69, 9.17) is 4.74 Å². The van der Waals surface area contributed by atoms with E-state index in [2.05, 4.69) is 34.6 Å². The van der Waals surface area contributed by atoms with Gasteiger partial charge in [0.25, 0.3) is 0 Å². The van der Waals surface area contributed by atoms with Crippen molar-refractivity contribution in [2.24, 2.45) is 0 Å². The van der Waals surface area contributed by atoms with Crippen LogP contribution in [0.3, 0.4) is 0 Å². The van der Waals surface area contributed by atoms with Gasteiger partial charge < -0.3 is 20.3 Å². The normalized spacial score (nSPS) is 14.3. The van der Waals surface area contributed by atoms with Crippen LogP contribution in [0.2, 0.25) is 0 Å². The zero-order valence-corrected chi connectivity index (χ0v) is 18.6. The third-order valence-electron chi connectivity index (χ3n) is 6.42. The van der Waals surface area contributed by atoms with Gasteiger partial charge in [0.15, 0.2) is 0 Å².